The zero-order chi connectivity index (χ0) is 16.0. The minimum absolute atomic E-state index is 0.400. The van der Waals surface area contributed by atoms with Gasteiger partial charge in [0.25, 0.3) is 0 Å². The van der Waals surface area contributed by atoms with Crippen molar-refractivity contribution in [1.29, 1.82) is 0 Å². The Morgan fingerprint density at radius 2 is 1.87 bits per heavy atom. The Morgan fingerprint density at radius 1 is 1.09 bits per heavy atom. The topological polar surface area (TPSA) is 63.3 Å². The second-order valence-corrected chi connectivity index (χ2v) is 5.76. The fourth-order valence-corrected chi connectivity index (χ4v) is 2.98. The molecule has 1 N–H and O–H groups in total. The van der Waals surface area contributed by atoms with Gasteiger partial charge in [-0.2, -0.15) is 0 Å². The minimum atomic E-state index is -1.09. The number of rotatable bonds is 1. The number of aryl methyl sites for hydroxylation is 1. The van der Waals surface area contributed by atoms with Crippen molar-refractivity contribution in [2.45, 2.75) is 13.2 Å². The summed E-state index contributed by atoms with van der Waals surface area (Å²) in [5.41, 5.74) is 3.28. The van der Waals surface area contributed by atoms with Crippen LogP contribution < -0.4 is 0 Å². The third kappa shape index (κ3) is 2.25. The maximum atomic E-state index is 10.5. The Morgan fingerprint density at radius 3 is 2.65 bits per heavy atom. The van der Waals surface area contributed by atoms with Gasteiger partial charge in [0.1, 0.15) is 5.82 Å². The molecule has 6 heteroatoms. The number of halogens is 1. The molecule has 0 bridgehead atoms. The van der Waals surface area contributed by atoms with Crippen LogP contribution in [0.1, 0.15) is 29.0 Å². The lowest BCUT2D eigenvalue weighted by molar-refractivity contribution is 0.177. The molecule has 0 spiro atoms. The van der Waals surface area contributed by atoms with Crippen molar-refractivity contribution in [2.24, 2.45) is 4.99 Å². The summed E-state index contributed by atoms with van der Waals surface area (Å²) in [4.78, 5) is 4.47. The molecule has 0 unspecified atom stereocenters. The van der Waals surface area contributed by atoms with Crippen molar-refractivity contribution in [3.8, 4) is 5.69 Å². The zero-order valence-corrected chi connectivity index (χ0v) is 13.1. The molecule has 0 saturated carbocycles. The predicted octanol–water partition coefficient (Wildman–Crippen LogP) is 3.07. The Hall–Kier alpha value is -2.50. The Balaban J connectivity index is 2.06. The third-order valence-corrected chi connectivity index (χ3v) is 4.07. The van der Waals surface area contributed by atoms with Gasteiger partial charge in [-0.25, -0.2) is 4.99 Å². The molecule has 23 heavy (non-hydrogen) atoms. The zero-order valence-electron chi connectivity index (χ0n) is 12.3. The van der Waals surface area contributed by atoms with Crippen LogP contribution in [0.2, 0.25) is 5.02 Å². The van der Waals surface area contributed by atoms with Crippen molar-refractivity contribution in [2.75, 3.05) is 0 Å². The van der Waals surface area contributed by atoms with E-state index >= 15 is 0 Å². The molecule has 1 atom stereocenters. The van der Waals surface area contributed by atoms with E-state index in [9.17, 15) is 5.11 Å². The van der Waals surface area contributed by atoms with Gasteiger partial charge in [0.15, 0.2) is 5.82 Å². The van der Waals surface area contributed by atoms with Crippen molar-refractivity contribution in [1.82, 2.24) is 14.8 Å². The van der Waals surface area contributed by atoms with Crippen molar-refractivity contribution >= 4 is 17.3 Å². The summed E-state index contributed by atoms with van der Waals surface area (Å²) in [5.74, 6) is 1.09. The summed E-state index contributed by atoms with van der Waals surface area (Å²) in [7, 11) is 0. The summed E-state index contributed by atoms with van der Waals surface area (Å²) in [6, 6.07) is 15.3. The highest BCUT2D eigenvalue weighted by Crippen LogP contribution is 2.31. The van der Waals surface area contributed by atoms with Gasteiger partial charge in [0, 0.05) is 16.1 Å². The van der Waals surface area contributed by atoms with E-state index in [1.54, 1.807) is 0 Å². The van der Waals surface area contributed by atoms with Crippen LogP contribution in [0.4, 0.5) is 0 Å². The number of benzene rings is 2. The standard InChI is InChI=1S/C17H13ClN4O/c1-10-20-21-16-17(23)19-15(11-5-3-2-4-6-11)13-9-12(18)7-8-14(13)22(10)16/h2-9,17,23H,1H3/t17-/m0/s1. The number of aliphatic hydroxyl groups excluding tert-OH is 1. The summed E-state index contributed by atoms with van der Waals surface area (Å²) in [5, 5.41) is 19.2. The molecule has 1 aliphatic rings. The van der Waals surface area contributed by atoms with Gasteiger partial charge in [-0.3, -0.25) is 4.57 Å². The van der Waals surface area contributed by atoms with Crippen LogP contribution in [0.25, 0.3) is 5.69 Å². The van der Waals surface area contributed by atoms with Gasteiger partial charge in [0.2, 0.25) is 6.23 Å². The molecule has 2 heterocycles. The molecule has 2 aromatic carbocycles. The lowest BCUT2D eigenvalue weighted by atomic mass is 10.0. The molecule has 1 aliphatic heterocycles. The largest absolute Gasteiger partial charge is 0.365 e. The average Bonchev–Trinajstić information content (AvgIpc) is 2.89. The van der Waals surface area contributed by atoms with E-state index in [-0.39, 0.29) is 0 Å². The average molecular weight is 325 g/mol. The highest BCUT2D eigenvalue weighted by Gasteiger charge is 2.26. The van der Waals surface area contributed by atoms with Gasteiger partial charge in [-0.15, -0.1) is 10.2 Å². The smallest absolute Gasteiger partial charge is 0.207 e. The molecule has 5 nitrogen and oxygen atoms in total. The number of aliphatic imine (C=N–C) groups is 1. The highest BCUT2D eigenvalue weighted by molar-refractivity contribution is 6.31. The van der Waals surface area contributed by atoms with E-state index < -0.39 is 6.23 Å². The number of hydrogen-bond donors (Lipinski definition) is 1. The lowest BCUT2D eigenvalue weighted by Gasteiger charge is -2.12. The van der Waals surface area contributed by atoms with E-state index in [0.29, 0.717) is 22.4 Å². The van der Waals surface area contributed by atoms with Gasteiger partial charge in [-0.05, 0) is 25.1 Å². The second kappa shape index (κ2) is 5.30. The van der Waals surface area contributed by atoms with Crippen LogP contribution in [0, 0.1) is 6.92 Å². The summed E-state index contributed by atoms with van der Waals surface area (Å²) >= 11 is 6.20. The molecular weight excluding hydrogens is 312 g/mol. The molecule has 0 saturated heterocycles. The number of aliphatic hydroxyl groups is 1. The van der Waals surface area contributed by atoms with Crippen LogP contribution in [-0.2, 0) is 0 Å². The molecule has 0 aliphatic carbocycles. The second-order valence-electron chi connectivity index (χ2n) is 5.32. The van der Waals surface area contributed by atoms with Crippen molar-refractivity contribution in [3.05, 3.63) is 76.3 Å². The fraction of sp³-hybridized carbons (Fsp3) is 0.118. The SMILES string of the molecule is Cc1nnc2n1-c1ccc(Cl)cc1C(c1ccccc1)=N[C@H]2O. The van der Waals surface area contributed by atoms with Crippen LogP contribution in [0.15, 0.2) is 53.5 Å². The van der Waals surface area contributed by atoms with Crippen LogP contribution in [-0.4, -0.2) is 25.6 Å². The van der Waals surface area contributed by atoms with E-state index in [4.69, 9.17) is 11.6 Å². The first-order valence-corrected chi connectivity index (χ1v) is 7.56. The summed E-state index contributed by atoms with van der Waals surface area (Å²) in [6.45, 7) is 1.84. The molecular formula is C17H13ClN4O. The Kier molecular flexibility index (Phi) is 3.25. The van der Waals surface area contributed by atoms with Crippen LogP contribution >= 0.6 is 11.6 Å². The van der Waals surface area contributed by atoms with Gasteiger partial charge >= 0.3 is 0 Å². The number of nitrogens with zero attached hydrogens (tertiary/aromatic N) is 4. The molecule has 1 aromatic heterocycles. The van der Waals surface area contributed by atoms with Crippen molar-refractivity contribution in [3.63, 3.8) is 0 Å². The van der Waals surface area contributed by atoms with E-state index in [1.165, 1.54) is 0 Å². The molecule has 3 aromatic rings. The minimum Gasteiger partial charge on any atom is -0.365 e. The van der Waals surface area contributed by atoms with Gasteiger partial charge in [0.05, 0.1) is 11.4 Å². The molecule has 0 fully saturated rings. The molecule has 4 rings (SSSR count). The van der Waals surface area contributed by atoms with Gasteiger partial charge < -0.3 is 5.11 Å². The number of aromatic nitrogens is 3. The first kappa shape index (κ1) is 14.1. The first-order valence-electron chi connectivity index (χ1n) is 7.18. The first-order chi connectivity index (χ1) is 11.1. The highest BCUT2D eigenvalue weighted by atomic mass is 35.5. The number of fused-ring (bicyclic) bond motifs is 3. The van der Waals surface area contributed by atoms with Gasteiger partial charge in [-0.1, -0.05) is 41.9 Å². The Bertz CT molecular complexity index is 918. The van der Waals surface area contributed by atoms with Crippen LogP contribution in [0.3, 0.4) is 0 Å². The molecule has 114 valence electrons. The summed E-state index contributed by atoms with van der Waals surface area (Å²) in [6.07, 6.45) is -1.09. The molecule has 0 radical (unpaired) electrons. The van der Waals surface area contributed by atoms with Crippen molar-refractivity contribution < 1.29 is 5.11 Å². The maximum absolute atomic E-state index is 10.5. The summed E-state index contributed by atoms with van der Waals surface area (Å²) < 4.78 is 1.82. The lowest BCUT2D eigenvalue weighted by Crippen LogP contribution is -2.08. The fourth-order valence-electron chi connectivity index (χ4n) is 2.81. The predicted molar refractivity (Wildman–Crippen MR) is 88.1 cm³/mol. The third-order valence-electron chi connectivity index (χ3n) is 3.83. The van der Waals surface area contributed by atoms with Crippen LogP contribution in [0.5, 0.6) is 0 Å². The van der Waals surface area contributed by atoms with E-state index in [1.807, 2.05) is 60.0 Å². The van der Waals surface area contributed by atoms with E-state index in [0.717, 1.165) is 16.8 Å². The maximum Gasteiger partial charge on any atom is 0.207 e. The normalized spacial score (nSPS) is 16.3. The molecule has 0 amide bonds. The Labute approximate surface area is 137 Å². The monoisotopic (exact) mass is 324 g/mol. The number of hydrogen-bond acceptors (Lipinski definition) is 4. The van der Waals surface area contributed by atoms with E-state index in [2.05, 4.69) is 15.2 Å². The quantitative estimate of drug-likeness (QED) is 0.748.